The van der Waals surface area contributed by atoms with Crippen LogP contribution in [0.15, 0.2) is 47.4 Å². The molecule has 10 heteroatoms. The van der Waals surface area contributed by atoms with Crippen molar-refractivity contribution in [1.82, 2.24) is 4.47 Å². The van der Waals surface area contributed by atoms with Crippen LogP contribution in [0.3, 0.4) is 0 Å². The zero-order chi connectivity index (χ0) is 20.2. The van der Waals surface area contributed by atoms with Crippen LogP contribution in [0.4, 0.5) is 11.4 Å². The summed E-state index contributed by atoms with van der Waals surface area (Å²) in [6, 6.07) is 10.1. The Hall–Kier alpha value is -2.46. The largest absolute Gasteiger partial charge is 0.326 e. The summed E-state index contributed by atoms with van der Waals surface area (Å²) in [6.07, 6.45) is 0. The van der Waals surface area contributed by atoms with Crippen molar-refractivity contribution >= 4 is 44.8 Å². The maximum absolute atomic E-state index is 12.5. The summed E-state index contributed by atoms with van der Waals surface area (Å²) in [5, 5.41) is 5.40. The van der Waals surface area contributed by atoms with E-state index in [9.17, 15) is 18.0 Å². The second-order valence-electron chi connectivity index (χ2n) is 5.46. The Balaban J connectivity index is 2.24. The third kappa shape index (κ3) is 5.04. The maximum atomic E-state index is 12.5. The molecule has 2 aromatic rings. The average molecular weight is 412 g/mol. The highest BCUT2D eigenvalue weighted by molar-refractivity contribution is 7.89. The Morgan fingerprint density at radius 1 is 1.11 bits per heavy atom. The third-order valence-electron chi connectivity index (χ3n) is 3.53. The number of carbonyl (C=O) groups excluding carboxylic acids is 2. The predicted octanol–water partition coefficient (Wildman–Crippen LogP) is 2.73. The molecule has 0 saturated heterocycles. The first-order valence-corrected chi connectivity index (χ1v) is 9.48. The van der Waals surface area contributed by atoms with Crippen LogP contribution in [0.5, 0.6) is 0 Å². The molecule has 2 aromatic carbocycles. The molecule has 0 heterocycles. The van der Waals surface area contributed by atoms with Gasteiger partial charge in [0.25, 0.3) is 15.9 Å². The Labute approximate surface area is 162 Å². The highest BCUT2D eigenvalue weighted by atomic mass is 35.5. The molecule has 0 aliphatic heterocycles. The van der Waals surface area contributed by atoms with Gasteiger partial charge >= 0.3 is 0 Å². The summed E-state index contributed by atoms with van der Waals surface area (Å²) in [4.78, 5) is 28.2. The number of nitrogens with one attached hydrogen (secondary N) is 2. The lowest BCUT2D eigenvalue weighted by molar-refractivity contribution is -0.114. The predicted molar refractivity (Wildman–Crippen MR) is 102 cm³/mol. The van der Waals surface area contributed by atoms with E-state index in [1.165, 1.54) is 57.5 Å². The summed E-state index contributed by atoms with van der Waals surface area (Å²) in [6.45, 7) is 1.37. The van der Waals surface area contributed by atoms with Crippen LogP contribution in [0.2, 0.25) is 5.02 Å². The van der Waals surface area contributed by atoms with Gasteiger partial charge in [0.05, 0.1) is 22.7 Å². The molecule has 2 amide bonds. The van der Waals surface area contributed by atoms with Crippen LogP contribution in [0.25, 0.3) is 0 Å². The number of sulfonamides is 1. The minimum atomic E-state index is -3.88. The lowest BCUT2D eigenvalue weighted by Gasteiger charge is -2.15. The van der Waals surface area contributed by atoms with Gasteiger partial charge in [-0.3, -0.25) is 14.4 Å². The first-order chi connectivity index (χ1) is 12.6. The first-order valence-electron chi connectivity index (χ1n) is 7.66. The number of hydroxylamine groups is 1. The monoisotopic (exact) mass is 411 g/mol. The Kier molecular flexibility index (Phi) is 6.55. The molecule has 0 spiro atoms. The van der Waals surface area contributed by atoms with Gasteiger partial charge in [-0.25, -0.2) is 8.42 Å². The molecule has 2 rings (SSSR count). The number of amides is 2. The van der Waals surface area contributed by atoms with Crippen molar-refractivity contribution in [2.24, 2.45) is 0 Å². The summed E-state index contributed by atoms with van der Waals surface area (Å²) >= 11 is 6.12. The van der Waals surface area contributed by atoms with E-state index in [1.54, 1.807) is 6.07 Å². The van der Waals surface area contributed by atoms with E-state index in [-0.39, 0.29) is 21.4 Å². The van der Waals surface area contributed by atoms with Crippen LogP contribution in [-0.2, 0) is 19.7 Å². The van der Waals surface area contributed by atoms with Gasteiger partial charge in [0, 0.05) is 25.2 Å². The van der Waals surface area contributed by atoms with Gasteiger partial charge in [0.15, 0.2) is 0 Å². The van der Waals surface area contributed by atoms with E-state index < -0.39 is 15.9 Å². The third-order valence-corrected chi connectivity index (χ3v) is 5.52. The number of carbonyl (C=O) groups is 2. The van der Waals surface area contributed by atoms with E-state index in [1.807, 2.05) is 0 Å². The fourth-order valence-corrected chi connectivity index (χ4v) is 3.38. The average Bonchev–Trinajstić information content (AvgIpc) is 2.62. The highest BCUT2D eigenvalue weighted by Crippen LogP contribution is 2.26. The standard InChI is InChI=1S/C17H18ClN3O5S/c1-11(22)19-13-7-8-16(15(18)10-13)20-17(23)12-5-4-6-14(9-12)27(24,25)21(2)26-3/h4-10H,1-3H3,(H,19,22)(H,20,23). The highest BCUT2D eigenvalue weighted by Gasteiger charge is 2.22. The van der Waals surface area contributed by atoms with Crippen molar-refractivity contribution in [1.29, 1.82) is 0 Å². The van der Waals surface area contributed by atoms with E-state index >= 15 is 0 Å². The molecule has 144 valence electrons. The molecule has 0 unspecified atom stereocenters. The summed E-state index contributed by atoms with van der Waals surface area (Å²) in [7, 11) is -1.41. The van der Waals surface area contributed by atoms with Crippen molar-refractivity contribution in [3.63, 3.8) is 0 Å². The SMILES string of the molecule is CON(C)S(=O)(=O)c1cccc(C(=O)Nc2ccc(NC(C)=O)cc2Cl)c1. The van der Waals surface area contributed by atoms with Gasteiger partial charge in [0.1, 0.15) is 0 Å². The van der Waals surface area contributed by atoms with E-state index in [4.69, 9.17) is 16.4 Å². The zero-order valence-corrected chi connectivity index (χ0v) is 16.4. The summed E-state index contributed by atoms with van der Waals surface area (Å²) in [5.41, 5.74) is 0.932. The number of hydrogen-bond donors (Lipinski definition) is 2. The van der Waals surface area contributed by atoms with Crippen LogP contribution in [0, 0.1) is 0 Å². The smallest absolute Gasteiger partial charge is 0.264 e. The lowest BCUT2D eigenvalue weighted by atomic mass is 10.2. The second-order valence-corrected chi connectivity index (χ2v) is 7.80. The number of anilines is 2. The van der Waals surface area contributed by atoms with E-state index in [0.717, 1.165) is 0 Å². The molecule has 0 aromatic heterocycles. The van der Waals surface area contributed by atoms with E-state index in [2.05, 4.69) is 10.6 Å². The molecular weight excluding hydrogens is 394 g/mol. The van der Waals surface area contributed by atoms with Gasteiger partial charge in [-0.2, -0.15) is 0 Å². The number of nitrogens with zero attached hydrogens (tertiary/aromatic N) is 1. The van der Waals surface area contributed by atoms with Crippen molar-refractivity contribution in [2.75, 3.05) is 24.8 Å². The molecule has 2 N–H and O–H groups in total. The minimum Gasteiger partial charge on any atom is -0.326 e. The van der Waals surface area contributed by atoms with Crippen LogP contribution < -0.4 is 10.6 Å². The molecule has 0 atom stereocenters. The lowest BCUT2D eigenvalue weighted by Crippen LogP contribution is -2.26. The Morgan fingerprint density at radius 3 is 2.41 bits per heavy atom. The van der Waals surface area contributed by atoms with Gasteiger partial charge in [-0.05, 0) is 36.4 Å². The molecule has 0 fully saturated rings. The van der Waals surface area contributed by atoms with Crippen LogP contribution >= 0.6 is 11.6 Å². The number of rotatable bonds is 6. The molecule has 0 aliphatic rings. The summed E-state index contributed by atoms with van der Waals surface area (Å²) in [5.74, 6) is -0.789. The molecule has 8 nitrogen and oxygen atoms in total. The second kappa shape index (κ2) is 8.49. The van der Waals surface area contributed by atoms with Crippen molar-refractivity contribution in [3.8, 4) is 0 Å². The minimum absolute atomic E-state index is 0.0911. The van der Waals surface area contributed by atoms with Gasteiger partial charge in [0.2, 0.25) is 5.91 Å². The van der Waals surface area contributed by atoms with Crippen molar-refractivity contribution in [2.45, 2.75) is 11.8 Å². The van der Waals surface area contributed by atoms with Gasteiger partial charge in [-0.15, -0.1) is 0 Å². The molecule has 0 aliphatic carbocycles. The number of halogens is 1. The molecular formula is C17H18ClN3O5S. The number of hydrogen-bond acceptors (Lipinski definition) is 5. The van der Waals surface area contributed by atoms with Crippen molar-refractivity contribution < 1.29 is 22.8 Å². The summed E-state index contributed by atoms with van der Waals surface area (Å²) < 4.78 is 25.3. The van der Waals surface area contributed by atoms with Crippen molar-refractivity contribution in [3.05, 3.63) is 53.1 Å². The molecule has 0 radical (unpaired) electrons. The van der Waals surface area contributed by atoms with E-state index in [0.29, 0.717) is 15.8 Å². The Bertz CT molecular complexity index is 978. The topological polar surface area (TPSA) is 105 Å². The van der Waals surface area contributed by atoms with Gasteiger partial charge < -0.3 is 10.6 Å². The van der Waals surface area contributed by atoms with Crippen LogP contribution in [0.1, 0.15) is 17.3 Å². The molecule has 0 saturated carbocycles. The zero-order valence-electron chi connectivity index (χ0n) is 14.8. The maximum Gasteiger partial charge on any atom is 0.264 e. The first kappa shape index (κ1) is 20.8. The molecule has 27 heavy (non-hydrogen) atoms. The quantitative estimate of drug-likeness (QED) is 0.711. The fourth-order valence-electron chi connectivity index (χ4n) is 2.14. The number of benzene rings is 2. The van der Waals surface area contributed by atoms with Crippen LogP contribution in [-0.4, -0.2) is 38.9 Å². The Morgan fingerprint density at radius 2 is 1.81 bits per heavy atom. The van der Waals surface area contributed by atoms with Gasteiger partial charge in [-0.1, -0.05) is 22.1 Å². The molecule has 0 bridgehead atoms. The normalized spacial score (nSPS) is 11.3. The fraction of sp³-hybridized carbons (Fsp3) is 0.176.